The second-order valence-electron chi connectivity index (χ2n) is 6.06. The summed E-state index contributed by atoms with van der Waals surface area (Å²) in [4.78, 5) is 35.0. The van der Waals surface area contributed by atoms with Gasteiger partial charge in [-0.3, -0.25) is 15.1 Å². The van der Waals surface area contributed by atoms with Gasteiger partial charge in [0.05, 0.1) is 23.4 Å². The average molecular weight is 384 g/mol. The van der Waals surface area contributed by atoms with E-state index in [9.17, 15) is 18.4 Å². The van der Waals surface area contributed by atoms with Crippen LogP contribution in [0.3, 0.4) is 0 Å². The smallest absolute Gasteiger partial charge is 0.413 e. The highest BCUT2D eigenvalue weighted by Crippen LogP contribution is 2.25. The molecule has 0 aliphatic carbocycles. The summed E-state index contributed by atoms with van der Waals surface area (Å²) in [6.07, 6.45) is -0.636. The van der Waals surface area contributed by atoms with Crippen molar-refractivity contribution < 1.29 is 23.1 Å². The number of imidazole rings is 1. The topological polar surface area (TPSA) is 96.4 Å². The van der Waals surface area contributed by atoms with Crippen molar-refractivity contribution in [1.29, 1.82) is 0 Å². The van der Waals surface area contributed by atoms with Gasteiger partial charge in [-0.15, -0.1) is 0 Å². The van der Waals surface area contributed by atoms with E-state index in [1.54, 1.807) is 25.1 Å². The predicted molar refractivity (Wildman–Crippen MR) is 97.9 cm³/mol. The summed E-state index contributed by atoms with van der Waals surface area (Å²) in [7, 11) is 0. The average Bonchev–Trinajstić information content (AvgIpc) is 3.05. The van der Waals surface area contributed by atoms with Gasteiger partial charge in [0.2, 0.25) is 5.95 Å². The zero-order valence-corrected chi connectivity index (χ0v) is 14.7. The Kier molecular flexibility index (Phi) is 4.34. The number of anilines is 1. The number of aromatic amines is 1. The third-order valence-corrected chi connectivity index (χ3v) is 4.25. The van der Waals surface area contributed by atoms with Gasteiger partial charge in [0.25, 0.3) is 0 Å². The minimum Gasteiger partial charge on any atom is -0.450 e. The number of hydrogen-bond donors (Lipinski definition) is 2. The summed E-state index contributed by atoms with van der Waals surface area (Å²) < 4.78 is 32.1. The number of nitrogens with zero attached hydrogens (tertiary/aromatic N) is 2. The van der Waals surface area contributed by atoms with Gasteiger partial charge in [-0.25, -0.2) is 18.6 Å². The molecular weight excluding hydrogens is 370 g/mol. The number of aliphatic imine (C=N–C) groups is 1. The number of aromatic nitrogens is 2. The van der Waals surface area contributed by atoms with Crippen molar-refractivity contribution in [1.82, 2.24) is 9.97 Å². The van der Waals surface area contributed by atoms with Gasteiger partial charge >= 0.3 is 6.09 Å². The van der Waals surface area contributed by atoms with Crippen LogP contribution in [0.5, 0.6) is 0 Å². The molecule has 1 aliphatic heterocycles. The number of H-pyrrole nitrogens is 1. The van der Waals surface area contributed by atoms with E-state index in [1.165, 1.54) is 0 Å². The zero-order valence-electron chi connectivity index (χ0n) is 14.7. The lowest BCUT2D eigenvalue weighted by Gasteiger charge is -2.16. The lowest BCUT2D eigenvalue weighted by atomic mass is 9.92. The highest BCUT2D eigenvalue weighted by atomic mass is 19.2. The number of hydrogen-bond acceptors (Lipinski definition) is 5. The molecule has 9 heteroatoms. The quantitative estimate of drug-likeness (QED) is 0.723. The van der Waals surface area contributed by atoms with E-state index in [1.807, 2.05) is 0 Å². The van der Waals surface area contributed by atoms with E-state index in [4.69, 9.17) is 4.74 Å². The van der Waals surface area contributed by atoms with Crippen molar-refractivity contribution in [2.45, 2.75) is 6.92 Å². The van der Waals surface area contributed by atoms with E-state index in [-0.39, 0.29) is 36.0 Å². The summed E-state index contributed by atoms with van der Waals surface area (Å²) in [5.74, 6) is -2.29. The first-order chi connectivity index (χ1) is 13.5. The van der Waals surface area contributed by atoms with Gasteiger partial charge in [0, 0.05) is 16.7 Å². The molecule has 28 heavy (non-hydrogen) atoms. The van der Waals surface area contributed by atoms with Gasteiger partial charge in [0.1, 0.15) is 6.54 Å². The van der Waals surface area contributed by atoms with Crippen LogP contribution in [0.15, 0.2) is 35.3 Å². The summed E-state index contributed by atoms with van der Waals surface area (Å²) in [6, 6.07) is 6.98. The number of benzene rings is 2. The maximum atomic E-state index is 13.8. The van der Waals surface area contributed by atoms with Gasteiger partial charge in [-0.1, -0.05) is 6.07 Å². The highest BCUT2D eigenvalue weighted by molar-refractivity contribution is 6.22. The number of ketones is 1. The lowest BCUT2D eigenvalue weighted by Crippen LogP contribution is -2.20. The van der Waals surface area contributed by atoms with Crippen LogP contribution in [0.25, 0.3) is 11.0 Å². The van der Waals surface area contributed by atoms with Crippen molar-refractivity contribution >= 4 is 34.6 Å². The predicted octanol–water partition coefficient (Wildman–Crippen LogP) is 3.44. The van der Waals surface area contributed by atoms with Gasteiger partial charge in [0.15, 0.2) is 17.4 Å². The molecule has 1 amide bonds. The highest BCUT2D eigenvalue weighted by Gasteiger charge is 2.24. The number of fused-ring (bicyclic) bond motifs is 2. The first-order valence-electron chi connectivity index (χ1n) is 8.47. The van der Waals surface area contributed by atoms with Crippen LogP contribution in [-0.2, 0) is 4.74 Å². The number of carbonyl (C=O) groups is 2. The summed E-state index contributed by atoms with van der Waals surface area (Å²) in [6.45, 7) is 1.77. The van der Waals surface area contributed by atoms with Crippen molar-refractivity contribution in [3.8, 4) is 0 Å². The standard InChI is InChI=1S/C19H14F2N4O3/c1-2-28-19(27)25-18-23-14-4-3-9(5-15(14)24-18)17-11-7-13(21)12(20)6-10(11)16(26)8-22-17/h3-7H,2,8H2,1H3,(H2,23,24,25,27). The maximum Gasteiger partial charge on any atom is 0.413 e. The molecule has 2 heterocycles. The maximum absolute atomic E-state index is 13.8. The Morgan fingerprint density at radius 3 is 2.71 bits per heavy atom. The van der Waals surface area contributed by atoms with E-state index >= 15 is 0 Å². The molecule has 1 aromatic heterocycles. The monoisotopic (exact) mass is 384 g/mol. The third-order valence-electron chi connectivity index (χ3n) is 4.25. The van der Waals surface area contributed by atoms with Crippen LogP contribution < -0.4 is 5.32 Å². The summed E-state index contributed by atoms with van der Waals surface area (Å²) in [5.41, 5.74) is 2.47. The van der Waals surface area contributed by atoms with Crippen LogP contribution in [0.1, 0.15) is 28.4 Å². The lowest BCUT2D eigenvalue weighted by molar-refractivity contribution is 0.0999. The SMILES string of the molecule is CCOC(=O)Nc1nc2ccc(C3=NCC(=O)c4cc(F)c(F)cc43)cc2[nH]1. The van der Waals surface area contributed by atoms with Crippen LogP contribution in [-0.4, -0.2) is 40.7 Å². The van der Waals surface area contributed by atoms with E-state index < -0.39 is 17.7 Å². The van der Waals surface area contributed by atoms with E-state index in [0.29, 0.717) is 22.3 Å². The zero-order chi connectivity index (χ0) is 19.8. The molecule has 4 rings (SSSR count). The van der Waals surface area contributed by atoms with Crippen molar-refractivity contribution in [3.05, 3.63) is 58.7 Å². The van der Waals surface area contributed by atoms with Gasteiger partial charge in [-0.05, 0) is 31.2 Å². The molecule has 142 valence electrons. The first kappa shape index (κ1) is 17.8. The van der Waals surface area contributed by atoms with Gasteiger partial charge in [-0.2, -0.15) is 0 Å². The molecule has 0 spiro atoms. The molecule has 2 N–H and O–H groups in total. The Morgan fingerprint density at radius 1 is 1.21 bits per heavy atom. The normalized spacial score (nSPS) is 13.2. The number of Topliss-reactive ketones (excluding diaryl/α,β-unsaturated/α-hetero) is 1. The van der Waals surface area contributed by atoms with E-state index in [0.717, 1.165) is 12.1 Å². The number of amides is 1. The van der Waals surface area contributed by atoms with Crippen LogP contribution in [0, 0.1) is 11.6 Å². The Labute approximate surface area is 157 Å². The molecule has 0 unspecified atom stereocenters. The molecule has 0 atom stereocenters. The minimum absolute atomic E-state index is 0.0956. The fourth-order valence-corrected chi connectivity index (χ4v) is 3.02. The third kappa shape index (κ3) is 3.11. The molecule has 3 aromatic rings. The summed E-state index contributed by atoms with van der Waals surface area (Å²) in [5, 5.41) is 2.47. The minimum atomic E-state index is -1.08. The molecule has 1 aliphatic rings. The van der Waals surface area contributed by atoms with E-state index in [2.05, 4.69) is 20.3 Å². The van der Waals surface area contributed by atoms with Gasteiger partial charge < -0.3 is 9.72 Å². The Hall–Kier alpha value is -3.62. The molecule has 7 nitrogen and oxygen atoms in total. The number of halogens is 2. The summed E-state index contributed by atoms with van der Waals surface area (Å²) >= 11 is 0. The first-order valence-corrected chi connectivity index (χ1v) is 8.47. The van der Waals surface area contributed by atoms with Crippen LogP contribution in [0.4, 0.5) is 19.5 Å². The largest absolute Gasteiger partial charge is 0.450 e. The Morgan fingerprint density at radius 2 is 1.96 bits per heavy atom. The molecule has 0 saturated carbocycles. The van der Waals surface area contributed by atoms with Crippen LogP contribution in [0.2, 0.25) is 0 Å². The number of nitrogens with one attached hydrogen (secondary N) is 2. The van der Waals surface area contributed by atoms with Crippen molar-refractivity contribution in [2.24, 2.45) is 4.99 Å². The number of ether oxygens (including phenoxy) is 1. The molecular formula is C19H14F2N4O3. The Balaban J connectivity index is 1.73. The molecule has 0 bridgehead atoms. The van der Waals surface area contributed by atoms with Crippen molar-refractivity contribution in [2.75, 3.05) is 18.5 Å². The molecule has 2 aromatic carbocycles. The fourth-order valence-electron chi connectivity index (χ4n) is 3.02. The van der Waals surface area contributed by atoms with Crippen molar-refractivity contribution in [3.63, 3.8) is 0 Å². The molecule has 0 fully saturated rings. The fraction of sp³-hybridized carbons (Fsp3) is 0.158. The second-order valence-corrected chi connectivity index (χ2v) is 6.06. The molecule has 0 saturated heterocycles. The van der Waals surface area contributed by atoms with Crippen LogP contribution >= 0.6 is 0 Å². The number of rotatable bonds is 3. The number of carbonyl (C=O) groups excluding carboxylic acids is 2. The Bertz CT molecular complexity index is 1150. The molecule has 0 radical (unpaired) electrons. The second kappa shape index (κ2) is 6.84.